The van der Waals surface area contributed by atoms with E-state index in [4.69, 9.17) is 5.73 Å². The monoisotopic (exact) mass is 368 g/mol. The topological polar surface area (TPSA) is 62.5 Å². The third-order valence-corrected chi connectivity index (χ3v) is 3.96. The van der Waals surface area contributed by atoms with E-state index in [1.165, 1.54) is 5.69 Å². The van der Waals surface area contributed by atoms with Crippen LogP contribution >= 0.6 is 24.8 Å². The number of aromatic nitrogens is 1. The summed E-state index contributed by atoms with van der Waals surface area (Å²) in [5.74, 6) is 0.0600. The zero-order valence-electron chi connectivity index (χ0n) is 13.3. The molecular formula is C17H22Cl2N4O. The van der Waals surface area contributed by atoms with Gasteiger partial charge in [-0.15, -0.1) is 24.8 Å². The molecule has 2 aromatic rings. The Morgan fingerprint density at radius 3 is 2.33 bits per heavy atom. The van der Waals surface area contributed by atoms with Crippen molar-refractivity contribution in [2.75, 3.05) is 31.1 Å². The molecule has 2 heterocycles. The summed E-state index contributed by atoms with van der Waals surface area (Å²) in [7, 11) is 0. The van der Waals surface area contributed by atoms with E-state index in [1.54, 1.807) is 18.3 Å². The summed E-state index contributed by atoms with van der Waals surface area (Å²) in [5.41, 5.74) is 8.21. The number of halogens is 2. The van der Waals surface area contributed by atoms with Gasteiger partial charge in [0.2, 0.25) is 0 Å². The number of piperazine rings is 1. The molecule has 7 heteroatoms. The van der Waals surface area contributed by atoms with Crippen molar-refractivity contribution in [2.24, 2.45) is 5.73 Å². The summed E-state index contributed by atoms with van der Waals surface area (Å²) in [6.45, 7) is 3.51. The smallest absolute Gasteiger partial charge is 0.254 e. The van der Waals surface area contributed by atoms with E-state index in [9.17, 15) is 4.79 Å². The molecule has 1 aliphatic rings. The largest absolute Gasteiger partial charge is 0.368 e. The van der Waals surface area contributed by atoms with Gasteiger partial charge in [0.25, 0.3) is 5.91 Å². The van der Waals surface area contributed by atoms with Crippen LogP contribution in [0, 0.1) is 0 Å². The number of pyridine rings is 1. The lowest BCUT2D eigenvalue weighted by molar-refractivity contribution is 0.0746. The zero-order chi connectivity index (χ0) is 15.4. The van der Waals surface area contributed by atoms with Crippen LogP contribution in [0.1, 0.15) is 16.1 Å². The van der Waals surface area contributed by atoms with Gasteiger partial charge < -0.3 is 15.5 Å². The molecule has 0 atom stereocenters. The molecule has 1 amide bonds. The van der Waals surface area contributed by atoms with Crippen molar-refractivity contribution in [3.05, 3.63) is 59.9 Å². The van der Waals surface area contributed by atoms with Crippen LogP contribution in [0.3, 0.4) is 0 Å². The van der Waals surface area contributed by atoms with Crippen LogP contribution in [0.4, 0.5) is 5.69 Å². The number of para-hydroxylation sites is 1. The number of amides is 1. The second-order valence-corrected chi connectivity index (χ2v) is 5.35. The van der Waals surface area contributed by atoms with Crippen molar-refractivity contribution in [1.82, 2.24) is 9.88 Å². The fraction of sp³-hybridized carbons (Fsp3) is 0.294. The van der Waals surface area contributed by atoms with Crippen LogP contribution < -0.4 is 10.6 Å². The predicted molar refractivity (Wildman–Crippen MR) is 101 cm³/mol. The maximum absolute atomic E-state index is 12.5. The highest BCUT2D eigenvalue weighted by molar-refractivity contribution is 5.94. The summed E-state index contributed by atoms with van der Waals surface area (Å²) in [4.78, 5) is 20.9. The first kappa shape index (κ1) is 20.2. The first-order valence-corrected chi connectivity index (χ1v) is 7.52. The van der Waals surface area contributed by atoms with E-state index < -0.39 is 0 Å². The molecule has 1 fully saturated rings. The Balaban J connectivity index is 0.00000144. The highest BCUT2D eigenvalue weighted by Crippen LogP contribution is 2.16. The Morgan fingerprint density at radius 1 is 1.04 bits per heavy atom. The molecule has 1 aromatic carbocycles. The molecule has 3 rings (SSSR count). The highest BCUT2D eigenvalue weighted by atomic mass is 35.5. The molecule has 24 heavy (non-hydrogen) atoms. The number of rotatable bonds is 3. The van der Waals surface area contributed by atoms with Gasteiger partial charge in [0.05, 0.1) is 5.69 Å². The Bertz CT molecular complexity index is 646. The van der Waals surface area contributed by atoms with Crippen LogP contribution in [0.2, 0.25) is 0 Å². The predicted octanol–water partition coefficient (Wildman–Crippen LogP) is 2.35. The molecule has 1 aromatic heterocycles. The third kappa shape index (κ3) is 4.60. The Labute approximate surface area is 154 Å². The summed E-state index contributed by atoms with van der Waals surface area (Å²) >= 11 is 0. The molecule has 130 valence electrons. The minimum absolute atomic E-state index is 0. The fourth-order valence-electron chi connectivity index (χ4n) is 2.71. The van der Waals surface area contributed by atoms with Crippen molar-refractivity contribution >= 4 is 36.4 Å². The molecule has 0 bridgehead atoms. The Kier molecular flexibility index (Phi) is 7.98. The lowest BCUT2D eigenvalue weighted by Gasteiger charge is -2.36. The van der Waals surface area contributed by atoms with E-state index in [0.29, 0.717) is 12.1 Å². The number of benzene rings is 1. The number of hydrogen-bond donors (Lipinski definition) is 1. The van der Waals surface area contributed by atoms with E-state index in [2.05, 4.69) is 22.0 Å². The van der Waals surface area contributed by atoms with Crippen LogP contribution in [-0.2, 0) is 6.54 Å². The summed E-state index contributed by atoms with van der Waals surface area (Å²) in [6.07, 6.45) is 1.65. The third-order valence-electron chi connectivity index (χ3n) is 3.96. The van der Waals surface area contributed by atoms with Gasteiger partial charge in [0, 0.05) is 50.2 Å². The Morgan fingerprint density at radius 2 is 1.71 bits per heavy atom. The Hall–Kier alpha value is -1.82. The SMILES string of the molecule is Cl.Cl.NCc1cc(C(=O)N2CCN(c3ccccc3)CC2)ccn1. The molecule has 0 spiro atoms. The van der Waals surface area contributed by atoms with Gasteiger partial charge in [-0.2, -0.15) is 0 Å². The van der Waals surface area contributed by atoms with Gasteiger partial charge in [-0.25, -0.2) is 0 Å². The summed E-state index contributed by atoms with van der Waals surface area (Å²) in [5, 5.41) is 0. The van der Waals surface area contributed by atoms with Crippen LogP contribution in [0.25, 0.3) is 0 Å². The van der Waals surface area contributed by atoms with E-state index in [0.717, 1.165) is 31.9 Å². The maximum atomic E-state index is 12.5. The van der Waals surface area contributed by atoms with Crippen molar-refractivity contribution < 1.29 is 4.79 Å². The highest BCUT2D eigenvalue weighted by Gasteiger charge is 2.22. The minimum Gasteiger partial charge on any atom is -0.368 e. The molecule has 0 aliphatic carbocycles. The molecule has 0 radical (unpaired) electrons. The van der Waals surface area contributed by atoms with Gasteiger partial charge in [-0.3, -0.25) is 9.78 Å². The average Bonchev–Trinajstić information content (AvgIpc) is 2.62. The quantitative estimate of drug-likeness (QED) is 0.902. The maximum Gasteiger partial charge on any atom is 0.254 e. The standard InChI is InChI=1S/C17H20N4O.2ClH/c18-13-15-12-14(6-7-19-15)17(22)21-10-8-20(9-11-21)16-4-2-1-3-5-16;;/h1-7,12H,8-11,13,18H2;2*1H. The van der Waals surface area contributed by atoms with Crippen molar-refractivity contribution in [3.63, 3.8) is 0 Å². The first-order valence-electron chi connectivity index (χ1n) is 7.52. The number of nitrogens with two attached hydrogens (primary N) is 1. The molecule has 5 nitrogen and oxygen atoms in total. The van der Waals surface area contributed by atoms with Gasteiger partial charge in [0.1, 0.15) is 0 Å². The van der Waals surface area contributed by atoms with Crippen molar-refractivity contribution in [3.8, 4) is 0 Å². The number of anilines is 1. The minimum atomic E-state index is 0. The average molecular weight is 369 g/mol. The van der Waals surface area contributed by atoms with Gasteiger partial charge in [-0.1, -0.05) is 18.2 Å². The number of carbonyl (C=O) groups is 1. The van der Waals surface area contributed by atoms with Gasteiger partial charge in [-0.05, 0) is 24.3 Å². The van der Waals surface area contributed by atoms with Crippen LogP contribution in [-0.4, -0.2) is 42.0 Å². The molecule has 0 unspecified atom stereocenters. The summed E-state index contributed by atoms with van der Waals surface area (Å²) < 4.78 is 0. The van der Waals surface area contributed by atoms with Crippen LogP contribution in [0.15, 0.2) is 48.7 Å². The molecule has 2 N–H and O–H groups in total. The lowest BCUT2D eigenvalue weighted by atomic mass is 10.1. The van der Waals surface area contributed by atoms with E-state index in [-0.39, 0.29) is 30.7 Å². The summed E-state index contributed by atoms with van der Waals surface area (Å²) in [6, 6.07) is 13.8. The number of hydrogen-bond acceptors (Lipinski definition) is 4. The van der Waals surface area contributed by atoms with Crippen molar-refractivity contribution in [2.45, 2.75) is 6.54 Å². The molecule has 1 aliphatic heterocycles. The van der Waals surface area contributed by atoms with E-state index in [1.807, 2.05) is 23.1 Å². The number of nitrogens with zero attached hydrogens (tertiary/aromatic N) is 3. The molecule has 1 saturated heterocycles. The normalized spacial score (nSPS) is 13.7. The lowest BCUT2D eigenvalue weighted by Crippen LogP contribution is -2.48. The van der Waals surface area contributed by atoms with Crippen LogP contribution in [0.5, 0.6) is 0 Å². The van der Waals surface area contributed by atoms with Gasteiger partial charge >= 0.3 is 0 Å². The van der Waals surface area contributed by atoms with Crippen molar-refractivity contribution in [1.29, 1.82) is 0 Å². The molecule has 0 saturated carbocycles. The second kappa shape index (κ2) is 9.47. The van der Waals surface area contributed by atoms with Gasteiger partial charge in [0.15, 0.2) is 0 Å². The fourth-order valence-corrected chi connectivity index (χ4v) is 2.71. The van der Waals surface area contributed by atoms with E-state index >= 15 is 0 Å². The zero-order valence-corrected chi connectivity index (χ0v) is 14.9. The first-order chi connectivity index (χ1) is 10.8. The second-order valence-electron chi connectivity index (χ2n) is 5.35. The molecular weight excluding hydrogens is 347 g/mol. The number of carbonyl (C=O) groups excluding carboxylic acids is 1.